The molecule has 182 valence electrons. The summed E-state index contributed by atoms with van der Waals surface area (Å²) < 4.78 is 44.4. The highest BCUT2D eigenvalue weighted by Gasteiger charge is 2.30. The average molecular weight is 495 g/mol. The summed E-state index contributed by atoms with van der Waals surface area (Å²) in [6, 6.07) is 20.4. The number of benzene rings is 3. The van der Waals surface area contributed by atoms with Crippen LogP contribution in [0.5, 0.6) is 0 Å². The fraction of sp³-hybridized carbons (Fsp3) is 0.303. The van der Waals surface area contributed by atoms with Gasteiger partial charge in [-0.15, -0.1) is 0 Å². The summed E-state index contributed by atoms with van der Waals surface area (Å²) in [7, 11) is 0.273. The molecule has 0 amide bonds. The number of hydrogen-bond donors (Lipinski definition) is 0. The van der Waals surface area contributed by atoms with Crippen LogP contribution >= 0.6 is 0 Å². The van der Waals surface area contributed by atoms with Crippen LogP contribution in [0, 0.1) is 12.3 Å². The SMILES string of the molecule is [2H]C1([2H])c2ccc(-c3ccc([Si](C)(C)C)c4c3oc3c(-c5cccc[n+]5C)c(C)ccc34)cc2C([2H])([2H])C1(C)C. The molecular formula is C33H36NOSi+. The zero-order valence-corrected chi connectivity index (χ0v) is 23.2. The topological polar surface area (TPSA) is 17.0 Å². The lowest BCUT2D eigenvalue weighted by molar-refractivity contribution is -0.660. The third kappa shape index (κ3) is 3.64. The fourth-order valence-corrected chi connectivity index (χ4v) is 7.21. The van der Waals surface area contributed by atoms with Crippen molar-refractivity contribution in [1.82, 2.24) is 0 Å². The maximum atomic E-state index is 8.93. The van der Waals surface area contributed by atoms with E-state index in [1.54, 1.807) is 19.9 Å². The smallest absolute Gasteiger partial charge is 0.216 e. The molecule has 2 nitrogen and oxygen atoms in total. The van der Waals surface area contributed by atoms with Gasteiger partial charge in [-0.05, 0) is 58.6 Å². The summed E-state index contributed by atoms with van der Waals surface area (Å²) in [5, 5.41) is 3.55. The molecule has 0 bridgehead atoms. The Morgan fingerprint density at radius 3 is 2.44 bits per heavy atom. The lowest BCUT2D eigenvalue weighted by Gasteiger charge is -2.19. The van der Waals surface area contributed by atoms with E-state index in [2.05, 4.69) is 61.5 Å². The Kier molecular flexibility index (Phi) is 4.18. The van der Waals surface area contributed by atoms with E-state index in [4.69, 9.17) is 9.90 Å². The lowest BCUT2D eigenvalue weighted by Crippen LogP contribution is -2.37. The van der Waals surface area contributed by atoms with E-state index in [1.165, 1.54) is 5.19 Å². The van der Waals surface area contributed by atoms with Gasteiger partial charge in [0.15, 0.2) is 6.20 Å². The fourth-order valence-electron chi connectivity index (χ4n) is 5.62. The zero-order chi connectivity index (χ0) is 29.0. The van der Waals surface area contributed by atoms with Crippen LogP contribution < -0.4 is 9.75 Å². The van der Waals surface area contributed by atoms with Gasteiger partial charge in [0.1, 0.15) is 18.2 Å². The number of nitrogens with zero attached hydrogens (tertiary/aromatic N) is 1. The summed E-state index contributed by atoms with van der Waals surface area (Å²) in [4.78, 5) is 0. The van der Waals surface area contributed by atoms with Crippen LogP contribution in [-0.2, 0) is 19.8 Å². The van der Waals surface area contributed by atoms with Crippen LogP contribution in [0.15, 0.2) is 71.3 Å². The molecule has 0 fully saturated rings. The van der Waals surface area contributed by atoms with Crippen LogP contribution in [0.3, 0.4) is 0 Å². The molecule has 0 saturated heterocycles. The molecule has 2 heterocycles. The molecule has 0 N–H and O–H groups in total. The lowest BCUT2D eigenvalue weighted by atomic mass is 9.90. The number of pyridine rings is 1. The van der Waals surface area contributed by atoms with Crippen molar-refractivity contribution in [1.29, 1.82) is 0 Å². The number of rotatable bonds is 3. The van der Waals surface area contributed by atoms with Crippen LogP contribution in [-0.4, -0.2) is 8.07 Å². The second-order valence-corrected chi connectivity index (χ2v) is 16.7. The number of hydrogen-bond acceptors (Lipinski definition) is 1. The van der Waals surface area contributed by atoms with Gasteiger partial charge in [-0.1, -0.05) is 76.0 Å². The minimum absolute atomic E-state index is 0.423. The third-order valence-electron chi connectivity index (χ3n) is 7.34. The molecule has 1 aliphatic rings. The Morgan fingerprint density at radius 2 is 1.69 bits per heavy atom. The summed E-state index contributed by atoms with van der Waals surface area (Å²) in [5.74, 6) is 0. The standard InChI is InChI=1S/C33H36NOSi/c1-21-11-14-26-30-28(36(5,6)7)16-15-25(22-12-13-23-19-33(2,3)20-24(23)18-22)31(30)35-32(26)29(21)27-10-8-9-17-34(27)4/h8-18H,19-20H2,1-7H3/q+1/i19D2,20D2. The number of aryl methyl sites for hydroxylation is 2. The van der Waals surface area contributed by atoms with Gasteiger partial charge in [-0.2, -0.15) is 0 Å². The molecule has 0 unspecified atom stereocenters. The Morgan fingerprint density at radius 1 is 0.917 bits per heavy atom. The molecule has 1 aliphatic carbocycles. The normalized spacial score (nSPS) is 19.5. The number of fused-ring (bicyclic) bond motifs is 4. The minimum atomic E-state index is -1.82. The van der Waals surface area contributed by atoms with Crippen molar-refractivity contribution in [2.75, 3.05) is 0 Å². The predicted octanol–water partition coefficient (Wildman–Crippen LogP) is 7.72. The van der Waals surface area contributed by atoms with E-state index < -0.39 is 26.2 Å². The van der Waals surface area contributed by atoms with Gasteiger partial charge >= 0.3 is 0 Å². The number of furan rings is 1. The Bertz CT molecular complexity index is 1850. The van der Waals surface area contributed by atoms with E-state index in [0.717, 1.165) is 49.9 Å². The Balaban J connectivity index is 1.70. The first-order chi connectivity index (χ1) is 18.6. The van der Waals surface area contributed by atoms with E-state index >= 15 is 0 Å². The minimum Gasteiger partial charge on any atom is -0.455 e. The van der Waals surface area contributed by atoms with Gasteiger partial charge in [-0.25, -0.2) is 4.57 Å². The second-order valence-electron chi connectivity index (χ2n) is 11.7. The van der Waals surface area contributed by atoms with Crippen LogP contribution in [0.2, 0.25) is 19.6 Å². The van der Waals surface area contributed by atoms with E-state index in [0.29, 0.717) is 11.1 Å². The van der Waals surface area contributed by atoms with E-state index in [-0.39, 0.29) is 0 Å². The molecule has 3 aromatic carbocycles. The average Bonchev–Trinajstić information content (AvgIpc) is 3.30. The Labute approximate surface area is 221 Å². The summed E-state index contributed by atoms with van der Waals surface area (Å²) in [6.07, 6.45) is -1.55. The molecule has 0 spiro atoms. The van der Waals surface area contributed by atoms with Gasteiger partial charge in [0.25, 0.3) is 0 Å². The van der Waals surface area contributed by atoms with Gasteiger partial charge in [0, 0.05) is 34.0 Å². The summed E-state index contributed by atoms with van der Waals surface area (Å²) >= 11 is 0. The van der Waals surface area contributed by atoms with Crippen molar-refractivity contribution in [3.63, 3.8) is 0 Å². The molecule has 0 atom stereocenters. The van der Waals surface area contributed by atoms with Gasteiger partial charge in [0.05, 0.1) is 13.6 Å². The summed E-state index contributed by atoms with van der Waals surface area (Å²) in [5.41, 5.74) is 6.35. The first kappa shape index (κ1) is 19.0. The van der Waals surface area contributed by atoms with Crippen LogP contribution in [0.4, 0.5) is 0 Å². The molecule has 2 aromatic heterocycles. The first-order valence-electron chi connectivity index (χ1n) is 14.7. The molecule has 0 aliphatic heterocycles. The second kappa shape index (κ2) is 7.91. The van der Waals surface area contributed by atoms with Crippen molar-refractivity contribution in [2.24, 2.45) is 12.5 Å². The van der Waals surface area contributed by atoms with Crippen molar-refractivity contribution in [2.45, 2.75) is 53.2 Å². The molecule has 5 aromatic rings. The maximum Gasteiger partial charge on any atom is 0.216 e. The van der Waals surface area contributed by atoms with Gasteiger partial charge in [-0.3, -0.25) is 0 Å². The third-order valence-corrected chi connectivity index (χ3v) is 9.37. The van der Waals surface area contributed by atoms with E-state index in [9.17, 15) is 0 Å². The largest absolute Gasteiger partial charge is 0.455 e. The highest BCUT2D eigenvalue weighted by molar-refractivity contribution is 6.90. The van der Waals surface area contributed by atoms with Crippen molar-refractivity contribution in [3.8, 4) is 22.4 Å². The quantitative estimate of drug-likeness (QED) is 0.185. The van der Waals surface area contributed by atoms with Crippen LogP contribution in [0.25, 0.3) is 44.3 Å². The van der Waals surface area contributed by atoms with E-state index in [1.807, 2.05) is 37.5 Å². The van der Waals surface area contributed by atoms with Crippen molar-refractivity contribution in [3.05, 3.63) is 83.6 Å². The van der Waals surface area contributed by atoms with Crippen molar-refractivity contribution < 1.29 is 14.5 Å². The van der Waals surface area contributed by atoms with Gasteiger partial charge in [0.2, 0.25) is 5.69 Å². The molecule has 6 rings (SSSR count). The van der Waals surface area contributed by atoms with Crippen LogP contribution in [0.1, 0.15) is 36.0 Å². The van der Waals surface area contributed by atoms with Crippen molar-refractivity contribution >= 4 is 35.2 Å². The Hall–Kier alpha value is -3.17. The first-order valence-corrected chi connectivity index (χ1v) is 16.2. The monoisotopic (exact) mass is 494 g/mol. The molecule has 3 heteroatoms. The van der Waals surface area contributed by atoms with Gasteiger partial charge < -0.3 is 4.42 Å². The maximum absolute atomic E-state index is 8.93. The highest BCUT2D eigenvalue weighted by Crippen LogP contribution is 2.42. The highest BCUT2D eigenvalue weighted by atomic mass is 28.3. The summed E-state index contributed by atoms with van der Waals surface area (Å²) in [6.45, 7) is 12.5. The molecule has 36 heavy (non-hydrogen) atoms. The molecule has 0 radical (unpaired) electrons. The number of aromatic nitrogens is 1. The predicted molar refractivity (Wildman–Crippen MR) is 155 cm³/mol. The molecule has 0 saturated carbocycles. The zero-order valence-electron chi connectivity index (χ0n) is 26.2. The molecular weight excluding hydrogens is 454 g/mol.